The lowest BCUT2D eigenvalue weighted by Gasteiger charge is -2.34. The SMILES string of the molecule is c1cnnc(N2CCN(Cc3ncn[nH]3)CC2)c1. The van der Waals surface area contributed by atoms with Gasteiger partial charge in [0.05, 0.1) is 6.54 Å². The predicted molar refractivity (Wildman–Crippen MR) is 65.9 cm³/mol. The van der Waals surface area contributed by atoms with Gasteiger partial charge in [-0.05, 0) is 12.1 Å². The zero-order chi connectivity index (χ0) is 12.2. The van der Waals surface area contributed by atoms with E-state index < -0.39 is 0 Å². The van der Waals surface area contributed by atoms with Crippen molar-refractivity contribution in [3.63, 3.8) is 0 Å². The molecule has 0 aliphatic carbocycles. The van der Waals surface area contributed by atoms with E-state index >= 15 is 0 Å². The Morgan fingerprint density at radius 3 is 2.78 bits per heavy atom. The second-order valence-corrected chi connectivity index (χ2v) is 4.28. The minimum absolute atomic E-state index is 0.828. The number of H-pyrrole nitrogens is 1. The smallest absolute Gasteiger partial charge is 0.151 e. The maximum Gasteiger partial charge on any atom is 0.151 e. The minimum atomic E-state index is 0.828. The van der Waals surface area contributed by atoms with Gasteiger partial charge < -0.3 is 4.90 Å². The Labute approximate surface area is 105 Å². The molecule has 3 heterocycles. The van der Waals surface area contributed by atoms with E-state index in [4.69, 9.17) is 0 Å². The van der Waals surface area contributed by atoms with E-state index in [1.54, 1.807) is 12.5 Å². The third-order valence-corrected chi connectivity index (χ3v) is 3.09. The largest absolute Gasteiger partial charge is 0.353 e. The topological polar surface area (TPSA) is 73.8 Å². The van der Waals surface area contributed by atoms with Gasteiger partial charge in [-0.3, -0.25) is 10.00 Å². The van der Waals surface area contributed by atoms with Gasteiger partial charge in [-0.1, -0.05) is 0 Å². The van der Waals surface area contributed by atoms with E-state index in [1.165, 1.54) is 0 Å². The van der Waals surface area contributed by atoms with Crippen LogP contribution in [0.2, 0.25) is 0 Å². The van der Waals surface area contributed by atoms with Gasteiger partial charge in [0.15, 0.2) is 5.82 Å². The summed E-state index contributed by atoms with van der Waals surface area (Å²) in [5.41, 5.74) is 0. The molecule has 7 heteroatoms. The zero-order valence-corrected chi connectivity index (χ0v) is 10.0. The minimum Gasteiger partial charge on any atom is -0.353 e. The Morgan fingerprint density at radius 1 is 1.22 bits per heavy atom. The number of anilines is 1. The summed E-state index contributed by atoms with van der Waals surface area (Å²) in [6.07, 6.45) is 3.24. The van der Waals surface area contributed by atoms with E-state index in [9.17, 15) is 0 Å². The third kappa shape index (κ3) is 2.45. The number of aromatic amines is 1. The van der Waals surface area contributed by atoms with Crippen LogP contribution in [0.1, 0.15) is 5.82 Å². The molecule has 3 rings (SSSR count). The molecule has 0 spiro atoms. The van der Waals surface area contributed by atoms with E-state index in [0.717, 1.165) is 44.4 Å². The molecular formula is C11H15N7. The fourth-order valence-corrected chi connectivity index (χ4v) is 2.12. The van der Waals surface area contributed by atoms with E-state index in [2.05, 4.69) is 35.2 Å². The highest BCUT2D eigenvalue weighted by molar-refractivity contribution is 5.36. The van der Waals surface area contributed by atoms with Crippen LogP contribution < -0.4 is 4.90 Å². The molecule has 0 amide bonds. The summed E-state index contributed by atoms with van der Waals surface area (Å²) in [5.74, 6) is 1.87. The van der Waals surface area contributed by atoms with Crippen LogP contribution in [0.5, 0.6) is 0 Å². The summed E-state index contributed by atoms with van der Waals surface area (Å²) in [4.78, 5) is 8.75. The molecule has 1 N–H and O–H groups in total. The first-order valence-electron chi connectivity index (χ1n) is 6.01. The molecule has 0 radical (unpaired) electrons. The number of nitrogens with one attached hydrogen (secondary N) is 1. The Balaban J connectivity index is 1.55. The normalized spacial score (nSPS) is 17.0. The van der Waals surface area contributed by atoms with Gasteiger partial charge in [0.2, 0.25) is 0 Å². The second-order valence-electron chi connectivity index (χ2n) is 4.28. The van der Waals surface area contributed by atoms with Gasteiger partial charge in [0, 0.05) is 32.4 Å². The molecule has 7 nitrogen and oxygen atoms in total. The summed E-state index contributed by atoms with van der Waals surface area (Å²) >= 11 is 0. The molecular weight excluding hydrogens is 230 g/mol. The summed E-state index contributed by atoms with van der Waals surface area (Å²) < 4.78 is 0. The number of nitrogens with zero attached hydrogens (tertiary/aromatic N) is 6. The van der Waals surface area contributed by atoms with Crippen molar-refractivity contribution in [1.82, 2.24) is 30.3 Å². The van der Waals surface area contributed by atoms with Crippen molar-refractivity contribution in [3.8, 4) is 0 Å². The second kappa shape index (κ2) is 5.09. The quantitative estimate of drug-likeness (QED) is 0.815. The molecule has 0 atom stereocenters. The van der Waals surface area contributed by atoms with Crippen LogP contribution >= 0.6 is 0 Å². The highest BCUT2D eigenvalue weighted by Crippen LogP contribution is 2.12. The van der Waals surface area contributed by atoms with E-state index in [1.807, 2.05) is 12.1 Å². The first kappa shape index (κ1) is 11.1. The molecule has 94 valence electrons. The molecule has 0 saturated carbocycles. The number of aromatic nitrogens is 5. The van der Waals surface area contributed by atoms with Crippen molar-refractivity contribution in [1.29, 1.82) is 0 Å². The fourth-order valence-electron chi connectivity index (χ4n) is 2.12. The molecule has 0 bridgehead atoms. The first-order valence-corrected chi connectivity index (χ1v) is 6.01. The van der Waals surface area contributed by atoms with Crippen LogP contribution in [0.3, 0.4) is 0 Å². The van der Waals surface area contributed by atoms with Crippen molar-refractivity contribution < 1.29 is 0 Å². The van der Waals surface area contributed by atoms with Crippen molar-refractivity contribution in [2.45, 2.75) is 6.54 Å². The number of rotatable bonds is 3. The van der Waals surface area contributed by atoms with Gasteiger partial charge in [-0.25, -0.2) is 4.98 Å². The molecule has 1 fully saturated rings. The lowest BCUT2D eigenvalue weighted by Crippen LogP contribution is -2.46. The molecule has 2 aromatic heterocycles. The van der Waals surface area contributed by atoms with Gasteiger partial charge in [-0.2, -0.15) is 10.2 Å². The number of hydrogen-bond acceptors (Lipinski definition) is 6. The highest BCUT2D eigenvalue weighted by Gasteiger charge is 2.18. The Morgan fingerprint density at radius 2 is 2.11 bits per heavy atom. The van der Waals surface area contributed by atoms with Gasteiger partial charge in [0.1, 0.15) is 12.2 Å². The zero-order valence-electron chi connectivity index (χ0n) is 10.0. The van der Waals surface area contributed by atoms with Crippen LogP contribution in [-0.4, -0.2) is 56.5 Å². The monoisotopic (exact) mass is 245 g/mol. The first-order chi connectivity index (χ1) is 8.92. The molecule has 1 aliphatic heterocycles. The maximum absolute atomic E-state index is 4.14. The van der Waals surface area contributed by atoms with E-state index in [-0.39, 0.29) is 0 Å². The van der Waals surface area contributed by atoms with Crippen LogP contribution in [0, 0.1) is 0 Å². The molecule has 0 unspecified atom stereocenters. The van der Waals surface area contributed by atoms with Gasteiger partial charge in [0.25, 0.3) is 0 Å². The van der Waals surface area contributed by atoms with Crippen molar-refractivity contribution in [2.24, 2.45) is 0 Å². The molecule has 0 aromatic carbocycles. The summed E-state index contributed by atoms with van der Waals surface area (Å²) in [6, 6.07) is 3.92. The van der Waals surface area contributed by atoms with Gasteiger partial charge >= 0.3 is 0 Å². The lowest BCUT2D eigenvalue weighted by molar-refractivity contribution is 0.243. The van der Waals surface area contributed by atoms with Crippen LogP contribution in [0.15, 0.2) is 24.7 Å². The Hall–Kier alpha value is -2.02. The molecule has 18 heavy (non-hydrogen) atoms. The standard InChI is InChI=1S/C11H15N7/c1-2-11(16-13-3-1)18-6-4-17(5-7-18)8-10-12-9-14-15-10/h1-3,9H,4-8H2,(H,12,14,15). The van der Waals surface area contributed by atoms with E-state index in [0.29, 0.717) is 0 Å². The van der Waals surface area contributed by atoms with Gasteiger partial charge in [-0.15, -0.1) is 5.10 Å². The molecule has 1 aliphatic rings. The number of piperazine rings is 1. The highest BCUT2D eigenvalue weighted by atomic mass is 15.3. The predicted octanol–water partition coefficient (Wildman–Crippen LogP) is -0.0831. The average molecular weight is 245 g/mol. The summed E-state index contributed by atoms with van der Waals surface area (Å²) in [7, 11) is 0. The Bertz CT molecular complexity index is 461. The van der Waals surface area contributed by atoms with Crippen LogP contribution in [0.4, 0.5) is 5.82 Å². The fraction of sp³-hybridized carbons (Fsp3) is 0.455. The Kier molecular flexibility index (Phi) is 3.14. The number of hydrogen-bond donors (Lipinski definition) is 1. The van der Waals surface area contributed by atoms with Crippen LogP contribution in [-0.2, 0) is 6.54 Å². The summed E-state index contributed by atoms with van der Waals surface area (Å²) in [6.45, 7) is 4.75. The average Bonchev–Trinajstić information content (AvgIpc) is 2.94. The molecule has 2 aromatic rings. The summed E-state index contributed by atoms with van der Waals surface area (Å²) in [5, 5.41) is 14.8. The third-order valence-electron chi connectivity index (χ3n) is 3.09. The van der Waals surface area contributed by atoms with Crippen molar-refractivity contribution in [3.05, 3.63) is 30.5 Å². The van der Waals surface area contributed by atoms with Crippen molar-refractivity contribution in [2.75, 3.05) is 31.1 Å². The van der Waals surface area contributed by atoms with Crippen LogP contribution in [0.25, 0.3) is 0 Å². The molecule has 1 saturated heterocycles. The maximum atomic E-state index is 4.14. The van der Waals surface area contributed by atoms with Crippen molar-refractivity contribution >= 4 is 5.82 Å². The lowest BCUT2D eigenvalue weighted by atomic mass is 10.3.